The van der Waals surface area contributed by atoms with Gasteiger partial charge in [-0.15, -0.1) is 4.80 Å². The average molecular weight is 206 g/mol. The van der Waals surface area contributed by atoms with Crippen molar-refractivity contribution in [3.8, 4) is 5.82 Å². The van der Waals surface area contributed by atoms with E-state index in [4.69, 9.17) is 0 Å². The molecule has 15 heavy (non-hydrogen) atoms. The lowest BCUT2D eigenvalue weighted by molar-refractivity contribution is 0.607. The summed E-state index contributed by atoms with van der Waals surface area (Å²) < 4.78 is 13.0. The van der Waals surface area contributed by atoms with Crippen LogP contribution in [-0.4, -0.2) is 20.0 Å². The minimum Gasteiger partial charge on any atom is -0.232 e. The molecule has 0 aliphatic rings. The standard InChI is InChI=1S/C10H11FN4/c1-7(2)9-5-8(11)6-12-10(9)15-13-3-4-14-15/h3-7H,1-2H3. The second kappa shape index (κ2) is 3.76. The number of aromatic nitrogens is 4. The van der Waals surface area contributed by atoms with Gasteiger partial charge >= 0.3 is 0 Å². The molecule has 0 saturated heterocycles. The zero-order valence-electron chi connectivity index (χ0n) is 8.55. The lowest BCUT2D eigenvalue weighted by Gasteiger charge is -2.10. The van der Waals surface area contributed by atoms with Crippen molar-refractivity contribution in [3.05, 3.63) is 36.0 Å². The van der Waals surface area contributed by atoms with Crippen molar-refractivity contribution in [2.24, 2.45) is 0 Å². The van der Waals surface area contributed by atoms with Crippen molar-refractivity contribution in [3.63, 3.8) is 0 Å². The maximum Gasteiger partial charge on any atom is 0.177 e. The van der Waals surface area contributed by atoms with Crippen molar-refractivity contribution < 1.29 is 4.39 Å². The summed E-state index contributed by atoms with van der Waals surface area (Å²) in [4.78, 5) is 5.40. The molecule has 0 saturated carbocycles. The number of nitrogens with zero attached hydrogens (tertiary/aromatic N) is 4. The first-order valence-electron chi connectivity index (χ1n) is 4.70. The van der Waals surface area contributed by atoms with Crippen LogP contribution in [0.25, 0.3) is 5.82 Å². The van der Waals surface area contributed by atoms with Gasteiger partial charge in [-0.3, -0.25) is 0 Å². The minimum absolute atomic E-state index is 0.175. The molecule has 0 fully saturated rings. The van der Waals surface area contributed by atoms with Gasteiger partial charge in [0.2, 0.25) is 0 Å². The Morgan fingerprint density at radius 2 is 1.93 bits per heavy atom. The van der Waals surface area contributed by atoms with Crippen LogP contribution in [0.3, 0.4) is 0 Å². The van der Waals surface area contributed by atoms with Crippen LogP contribution in [0.5, 0.6) is 0 Å². The molecule has 5 heteroatoms. The van der Waals surface area contributed by atoms with E-state index < -0.39 is 0 Å². The van der Waals surface area contributed by atoms with Gasteiger partial charge in [-0.25, -0.2) is 9.37 Å². The quantitative estimate of drug-likeness (QED) is 0.754. The van der Waals surface area contributed by atoms with Crippen molar-refractivity contribution >= 4 is 0 Å². The molecule has 2 rings (SSSR count). The Labute approximate surface area is 86.8 Å². The molecular weight excluding hydrogens is 195 g/mol. The van der Waals surface area contributed by atoms with Crippen LogP contribution in [-0.2, 0) is 0 Å². The van der Waals surface area contributed by atoms with Crippen molar-refractivity contribution in [2.45, 2.75) is 19.8 Å². The zero-order chi connectivity index (χ0) is 10.8. The Hall–Kier alpha value is -1.78. The molecule has 0 bridgehead atoms. The summed E-state index contributed by atoms with van der Waals surface area (Å²) in [6.45, 7) is 3.95. The lowest BCUT2D eigenvalue weighted by Crippen LogP contribution is -2.07. The van der Waals surface area contributed by atoms with Crippen LogP contribution in [0.4, 0.5) is 4.39 Å². The third-order valence-corrected chi connectivity index (χ3v) is 2.09. The van der Waals surface area contributed by atoms with E-state index in [1.54, 1.807) is 12.4 Å². The van der Waals surface area contributed by atoms with Gasteiger partial charge in [0.05, 0.1) is 18.6 Å². The molecule has 0 spiro atoms. The molecular formula is C10H11FN4. The number of hydrogen-bond acceptors (Lipinski definition) is 3. The van der Waals surface area contributed by atoms with E-state index in [0.29, 0.717) is 5.82 Å². The molecule has 78 valence electrons. The van der Waals surface area contributed by atoms with Crippen LogP contribution < -0.4 is 0 Å². The highest BCUT2D eigenvalue weighted by molar-refractivity contribution is 5.34. The number of pyridine rings is 1. The Balaban J connectivity index is 2.56. The smallest absolute Gasteiger partial charge is 0.177 e. The SMILES string of the molecule is CC(C)c1cc(F)cnc1-n1nccn1. The Morgan fingerprint density at radius 3 is 2.53 bits per heavy atom. The number of rotatable bonds is 2. The summed E-state index contributed by atoms with van der Waals surface area (Å²) in [6.07, 6.45) is 4.30. The Kier molecular flexibility index (Phi) is 2.45. The molecule has 2 aromatic rings. The van der Waals surface area contributed by atoms with Gasteiger partial charge in [0.15, 0.2) is 5.82 Å². The topological polar surface area (TPSA) is 43.6 Å². The molecule has 0 aliphatic heterocycles. The van der Waals surface area contributed by atoms with Crippen LogP contribution in [0.1, 0.15) is 25.3 Å². The molecule has 0 aliphatic carbocycles. The Morgan fingerprint density at radius 1 is 1.27 bits per heavy atom. The van der Waals surface area contributed by atoms with Crippen LogP contribution in [0.2, 0.25) is 0 Å². The van der Waals surface area contributed by atoms with Crippen molar-refractivity contribution in [2.75, 3.05) is 0 Å². The van der Waals surface area contributed by atoms with Crippen LogP contribution >= 0.6 is 0 Å². The molecule has 0 N–H and O–H groups in total. The molecule has 0 aromatic carbocycles. The van der Waals surface area contributed by atoms with E-state index in [-0.39, 0.29) is 11.7 Å². The lowest BCUT2D eigenvalue weighted by atomic mass is 10.0. The fourth-order valence-electron chi connectivity index (χ4n) is 1.36. The van der Waals surface area contributed by atoms with Crippen molar-refractivity contribution in [1.82, 2.24) is 20.0 Å². The first kappa shape index (κ1) is 9.76. The van der Waals surface area contributed by atoms with Gasteiger partial charge in [0, 0.05) is 5.56 Å². The number of hydrogen-bond donors (Lipinski definition) is 0. The van der Waals surface area contributed by atoms with Gasteiger partial charge in [0.1, 0.15) is 5.82 Å². The third-order valence-electron chi connectivity index (χ3n) is 2.09. The first-order chi connectivity index (χ1) is 7.18. The van der Waals surface area contributed by atoms with E-state index in [1.807, 2.05) is 13.8 Å². The van der Waals surface area contributed by atoms with Gasteiger partial charge in [-0.1, -0.05) is 13.8 Å². The second-order valence-electron chi connectivity index (χ2n) is 3.54. The van der Waals surface area contributed by atoms with E-state index >= 15 is 0 Å². The van der Waals surface area contributed by atoms with Gasteiger partial charge in [0.25, 0.3) is 0 Å². The highest BCUT2D eigenvalue weighted by atomic mass is 19.1. The summed E-state index contributed by atoms with van der Waals surface area (Å²) in [7, 11) is 0. The van der Waals surface area contributed by atoms with E-state index in [1.165, 1.54) is 17.1 Å². The maximum absolute atomic E-state index is 13.0. The largest absolute Gasteiger partial charge is 0.232 e. The van der Waals surface area contributed by atoms with E-state index in [9.17, 15) is 4.39 Å². The van der Waals surface area contributed by atoms with Crippen molar-refractivity contribution in [1.29, 1.82) is 0 Å². The Bertz CT molecular complexity index is 450. The molecule has 0 atom stereocenters. The monoisotopic (exact) mass is 206 g/mol. The molecule has 2 heterocycles. The predicted octanol–water partition coefficient (Wildman–Crippen LogP) is 1.92. The molecule has 2 aromatic heterocycles. The van der Waals surface area contributed by atoms with Gasteiger partial charge in [-0.2, -0.15) is 10.2 Å². The van der Waals surface area contributed by atoms with Gasteiger partial charge in [-0.05, 0) is 12.0 Å². The van der Waals surface area contributed by atoms with E-state index in [2.05, 4.69) is 15.2 Å². The fourth-order valence-corrected chi connectivity index (χ4v) is 1.36. The molecule has 0 amide bonds. The number of halogens is 1. The highest BCUT2D eigenvalue weighted by Gasteiger charge is 2.12. The fraction of sp³-hybridized carbons (Fsp3) is 0.300. The van der Waals surface area contributed by atoms with E-state index in [0.717, 1.165) is 5.56 Å². The second-order valence-corrected chi connectivity index (χ2v) is 3.54. The predicted molar refractivity (Wildman–Crippen MR) is 53.2 cm³/mol. The first-order valence-corrected chi connectivity index (χ1v) is 4.70. The summed E-state index contributed by atoms with van der Waals surface area (Å²) in [6, 6.07) is 1.47. The minimum atomic E-state index is -0.338. The summed E-state index contributed by atoms with van der Waals surface area (Å²) in [5.41, 5.74) is 0.797. The molecule has 4 nitrogen and oxygen atoms in total. The summed E-state index contributed by atoms with van der Waals surface area (Å²) in [5, 5.41) is 7.96. The summed E-state index contributed by atoms with van der Waals surface area (Å²) >= 11 is 0. The zero-order valence-corrected chi connectivity index (χ0v) is 8.55. The molecule has 0 unspecified atom stereocenters. The third kappa shape index (κ3) is 1.86. The maximum atomic E-state index is 13.0. The van der Waals surface area contributed by atoms with Gasteiger partial charge < -0.3 is 0 Å². The highest BCUT2D eigenvalue weighted by Crippen LogP contribution is 2.20. The average Bonchev–Trinajstić information content (AvgIpc) is 2.70. The van der Waals surface area contributed by atoms with Crippen LogP contribution in [0, 0.1) is 5.82 Å². The van der Waals surface area contributed by atoms with Crippen LogP contribution in [0.15, 0.2) is 24.7 Å². The molecule has 0 radical (unpaired) electrons. The normalized spacial score (nSPS) is 10.9. The summed E-state index contributed by atoms with van der Waals surface area (Å²) in [5.74, 6) is 0.417.